The molecular formula is C16H23BrN2O4. The number of halogens is 1. The zero-order valence-corrected chi connectivity index (χ0v) is 16.1. The molecule has 23 heavy (non-hydrogen) atoms. The second-order valence-corrected chi connectivity index (χ2v) is 8.29. The molecule has 6 nitrogen and oxygen atoms in total. The Morgan fingerprint density at radius 3 is 1.74 bits per heavy atom. The van der Waals surface area contributed by atoms with E-state index in [4.69, 9.17) is 0 Å². The Kier molecular flexibility index (Phi) is 5.16. The van der Waals surface area contributed by atoms with Crippen molar-refractivity contribution in [1.29, 1.82) is 0 Å². The molecule has 0 fully saturated rings. The van der Waals surface area contributed by atoms with Crippen molar-refractivity contribution in [2.45, 2.75) is 59.3 Å². The van der Waals surface area contributed by atoms with Crippen LogP contribution in [0.5, 0.6) is 0 Å². The highest BCUT2D eigenvalue weighted by molar-refractivity contribution is 9.10. The number of hydrogen-bond acceptors (Lipinski definition) is 3. The molecule has 2 N–H and O–H groups in total. The second-order valence-electron chi connectivity index (χ2n) is 7.50. The predicted molar refractivity (Wildman–Crippen MR) is 92.6 cm³/mol. The fraction of sp³-hybridized carbons (Fsp3) is 0.562. The number of nitrogens with zero attached hydrogens (tertiary/aromatic N) is 2. The van der Waals surface area contributed by atoms with E-state index in [0.717, 1.165) is 10.0 Å². The van der Waals surface area contributed by atoms with Gasteiger partial charge < -0.3 is 10.2 Å². The molecule has 0 atom stereocenters. The van der Waals surface area contributed by atoms with Gasteiger partial charge in [-0.2, -0.15) is 4.90 Å². The largest absolute Gasteiger partial charge is 0.464 e. The second kappa shape index (κ2) is 6.11. The molecule has 0 saturated heterocycles. The molecule has 0 bridgehead atoms. The van der Waals surface area contributed by atoms with E-state index < -0.39 is 12.2 Å². The average Bonchev–Trinajstić information content (AvgIpc) is 2.27. The van der Waals surface area contributed by atoms with Crippen LogP contribution in [0.2, 0.25) is 0 Å². The lowest BCUT2D eigenvalue weighted by molar-refractivity contribution is 0.184. The van der Waals surface area contributed by atoms with Crippen LogP contribution in [-0.4, -0.2) is 27.4 Å². The Morgan fingerprint density at radius 2 is 1.43 bits per heavy atom. The Morgan fingerprint density at radius 1 is 1.00 bits per heavy atom. The maximum atomic E-state index is 11.4. The van der Waals surface area contributed by atoms with Crippen molar-refractivity contribution in [1.82, 2.24) is 4.98 Å². The van der Waals surface area contributed by atoms with Crippen molar-refractivity contribution < 1.29 is 19.8 Å². The summed E-state index contributed by atoms with van der Waals surface area (Å²) < 4.78 is 0.787. The molecule has 1 aromatic heterocycles. The van der Waals surface area contributed by atoms with E-state index in [1.54, 1.807) is 6.92 Å². The van der Waals surface area contributed by atoms with Crippen molar-refractivity contribution in [2.24, 2.45) is 0 Å². The lowest BCUT2D eigenvalue weighted by Crippen LogP contribution is -2.37. The molecular weight excluding hydrogens is 364 g/mol. The number of pyridine rings is 1. The van der Waals surface area contributed by atoms with Crippen LogP contribution >= 0.6 is 15.9 Å². The first-order chi connectivity index (χ1) is 10.2. The summed E-state index contributed by atoms with van der Waals surface area (Å²) in [6, 6.07) is 0. The number of amides is 2. The van der Waals surface area contributed by atoms with E-state index in [0.29, 0.717) is 11.3 Å². The molecule has 0 aliphatic rings. The highest BCUT2D eigenvalue weighted by atomic mass is 79.9. The minimum absolute atomic E-state index is 0.0666. The van der Waals surface area contributed by atoms with Gasteiger partial charge in [0, 0.05) is 9.89 Å². The van der Waals surface area contributed by atoms with Gasteiger partial charge in [-0.05, 0) is 39.4 Å². The monoisotopic (exact) mass is 386 g/mol. The zero-order chi connectivity index (χ0) is 18.3. The van der Waals surface area contributed by atoms with E-state index in [2.05, 4.69) is 20.9 Å². The zero-order valence-electron chi connectivity index (χ0n) is 14.5. The van der Waals surface area contributed by atoms with E-state index in [1.807, 2.05) is 41.5 Å². The number of aromatic nitrogens is 1. The number of imide groups is 1. The van der Waals surface area contributed by atoms with E-state index in [-0.39, 0.29) is 21.5 Å². The predicted octanol–water partition coefficient (Wildman–Crippen LogP) is 4.91. The standard InChI is InChI=1S/C16H23BrN2O4/c1-8-9(15(2,3)4)10(17)11(16(5,6)7)18-12(8)19(13(20)21)14(22)23/h1-7H3,(H,20,21)(H,22,23). The Labute approximate surface area is 144 Å². The molecule has 1 aromatic rings. The number of hydrogen-bond donors (Lipinski definition) is 2. The van der Waals surface area contributed by atoms with Crippen molar-refractivity contribution >= 4 is 33.9 Å². The quantitative estimate of drug-likeness (QED) is 0.715. The maximum absolute atomic E-state index is 11.4. The van der Waals surface area contributed by atoms with Gasteiger partial charge in [0.15, 0.2) is 5.82 Å². The summed E-state index contributed by atoms with van der Waals surface area (Å²) in [4.78, 5) is 27.4. The molecule has 0 aliphatic heterocycles. The van der Waals surface area contributed by atoms with Crippen molar-refractivity contribution in [3.05, 3.63) is 21.3 Å². The number of rotatable bonds is 1. The third kappa shape index (κ3) is 3.83. The minimum Gasteiger partial charge on any atom is -0.464 e. The van der Waals surface area contributed by atoms with Crippen molar-refractivity contribution in [3.63, 3.8) is 0 Å². The summed E-state index contributed by atoms with van der Waals surface area (Å²) in [6.07, 6.45) is -3.15. The SMILES string of the molecule is Cc1c(N(C(=O)O)C(=O)O)nc(C(C)(C)C)c(Br)c1C(C)(C)C. The van der Waals surface area contributed by atoms with Crippen LogP contribution in [0.4, 0.5) is 15.4 Å². The van der Waals surface area contributed by atoms with Gasteiger partial charge in [-0.25, -0.2) is 14.6 Å². The van der Waals surface area contributed by atoms with Gasteiger partial charge in [0.05, 0.1) is 5.69 Å². The van der Waals surface area contributed by atoms with Gasteiger partial charge in [-0.1, -0.05) is 41.5 Å². The molecule has 2 amide bonds. The topological polar surface area (TPSA) is 90.7 Å². The Bertz CT molecular complexity index is 644. The van der Waals surface area contributed by atoms with Gasteiger partial charge in [0.1, 0.15) is 0 Å². The third-order valence-electron chi connectivity index (χ3n) is 3.41. The van der Waals surface area contributed by atoms with Crippen LogP contribution in [0.25, 0.3) is 0 Å². The smallest absolute Gasteiger partial charge is 0.422 e. The van der Waals surface area contributed by atoms with Gasteiger partial charge in [-0.15, -0.1) is 0 Å². The van der Waals surface area contributed by atoms with Crippen LogP contribution in [-0.2, 0) is 10.8 Å². The summed E-state index contributed by atoms with van der Waals surface area (Å²) in [5.41, 5.74) is 1.30. The maximum Gasteiger partial charge on any atom is 0.422 e. The van der Waals surface area contributed by atoms with Gasteiger partial charge in [0.25, 0.3) is 0 Å². The van der Waals surface area contributed by atoms with Gasteiger partial charge in [0.2, 0.25) is 0 Å². The first-order valence-corrected chi connectivity index (χ1v) is 7.96. The van der Waals surface area contributed by atoms with Crippen molar-refractivity contribution in [2.75, 3.05) is 4.90 Å². The molecule has 128 valence electrons. The first kappa shape index (κ1) is 19.4. The molecule has 1 rings (SSSR count). The summed E-state index contributed by atoms with van der Waals surface area (Å²) in [5.74, 6) is -0.0666. The van der Waals surface area contributed by atoms with E-state index in [9.17, 15) is 19.8 Å². The molecule has 0 spiro atoms. The molecule has 0 aromatic carbocycles. The summed E-state index contributed by atoms with van der Waals surface area (Å²) in [5, 5.41) is 18.5. The fourth-order valence-corrected chi connectivity index (χ4v) is 4.08. The molecule has 0 aliphatic carbocycles. The molecule has 0 saturated carbocycles. The minimum atomic E-state index is -1.57. The lowest BCUT2D eigenvalue weighted by atomic mass is 9.81. The number of carbonyl (C=O) groups is 2. The van der Waals surface area contributed by atoms with Crippen LogP contribution in [0.1, 0.15) is 58.4 Å². The summed E-state index contributed by atoms with van der Waals surface area (Å²) in [6.45, 7) is 13.5. The molecule has 0 radical (unpaired) electrons. The summed E-state index contributed by atoms with van der Waals surface area (Å²) >= 11 is 3.59. The van der Waals surface area contributed by atoms with Crippen LogP contribution in [0.3, 0.4) is 0 Å². The lowest BCUT2D eigenvalue weighted by Gasteiger charge is -2.31. The molecule has 0 unspecified atom stereocenters. The van der Waals surface area contributed by atoms with Crippen LogP contribution < -0.4 is 4.90 Å². The number of anilines is 1. The van der Waals surface area contributed by atoms with E-state index >= 15 is 0 Å². The molecule has 1 heterocycles. The Balaban J connectivity index is 3.93. The van der Waals surface area contributed by atoms with E-state index in [1.165, 1.54) is 0 Å². The average molecular weight is 387 g/mol. The molecule has 7 heteroatoms. The highest BCUT2D eigenvalue weighted by Gasteiger charge is 2.34. The van der Waals surface area contributed by atoms with Crippen LogP contribution in [0, 0.1) is 6.92 Å². The Hall–Kier alpha value is -1.63. The third-order valence-corrected chi connectivity index (χ3v) is 4.18. The summed E-state index contributed by atoms with van der Waals surface area (Å²) in [7, 11) is 0. The van der Waals surface area contributed by atoms with Crippen molar-refractivity contribution in [3.8, 4) is 0 Å². The number of carboxylic acid groups (broad SMARTS) is 2. The first-order valence-electron chi connectivity index (χ1n) is 7.16. The van der Waals surface area contributed by atoms with Gasteiger partial charge in [-0.3, -0.25) is 0 Å². The van der Waals surface area contributed by atoms with Gasteiger partial charge >= 0.3 is 12.2 Å². The fourth-order valence-electron chi connectivity index (χ4n) is 2.50. The highest BCUT2D eigenvalue weighted by Crippen LogP contribution is 2.41. The normalized spacial score (nSPS) is 12.2. The van der Waals surface area contributed by atoms with Crippen LogP contribution in [0.15, 0.2) is 4.47 Å².